The molecule has 4 heteroatoms. The van der Waals surface area contributed by atoms with Gasteiger partial charge in [-0.3, -0.25) is 0 Å². The summed E-state index contributed by atoms with van der Waals surface area (Å²) in [4.78, 5) is 0. The number of hydrogen-bond donors (Lipinski definition) is 0. The number of allylic oxidation sites excluding steroid dienone is 2. The summed E-state index contributed by atoms with van der Waals surface area (Å²) in [6, 6.07) is 31.3. The summed E-state index contributed by atoms with van der Waals surface area (Å²) < 4.78 is 6.56. The van der Waals surface area contributed by atoms with Gasteiger partial charge in [0.05, 0.1) is 0 Å². The molecule has 2 aliphatic rings. The van der Waals surface area contributed by atoms with Gasteiger partial charge >= 0.3 is 232 Å². The normalized spacial score (nSPS) is 17.1. The first-order valence-electron chi connectivity index (χ1n) is 13.9. The fraction of sp³-hybridized carbons (Fsp3) is 0.222. The molecule has 0 saturated heterocycles. The van der Waals surface area contributed by atoms with Crippen LogP contribution >= 0.6 is 0 Å². The second-order valence-corrected chi connectivity index (χ2v) is 43.3. The van der Waals surface area contributed by atoms with Crippen LogP contribution in [0, 0.1) is 13.8 Å². The van der Waals surface area contributed by atoms with E-state index in [4.69, 9.17) is 0 Å². The molecule has 6 rings (SSSR count). The topological polar surface area (TPSA) is 0 Å². The molecule has 0 heterocycles. The number of benzene rings is 4. The molecule has 0 N–H and O–H groups in total. The van der Waals surface area contributed by atoms with Crippen molar-refractivity contribution in [1.29, 1.82) is 0 Å². The summed E-state index contributed by atoms with van der Waals surface area (Å²) in [5.74, 6) is 0. The Bertz CT molecular complexity index is 1600. The maximum atomic E-state index is 2.75. The molecule has 204 valence electrons. The van der Waals surface area contributed by atoms with Gasteiger partial charge in [-0.25, -0.2) is 0 Å². The smallest absolute Gasteiger partial charge is 1.00 e. The van der Waals surface area contributed by atoms with Crippen LogP contribution in [0.5, 0.6) is 0 Å². The van der Waals surface area contributed by atoms with Crippen LogP contribution in [0.2, 0.25) is 9.26 Å². The van der Waals surface area contributed by atoms with Crippen molar-refractivity contribution in [2.24, 2.45) is 0 Å². The molecule has 0 bridgehead atoms. The quantitative estimate of drug-likeness (QED) is 0.294. The number of halogens is 2. The zero-order valence-corrected chi connectivity index (χ0v) is 29.7. The van der Waals surface area contributed by atoms with Gasteiger partial charge in [-0.1, -0.05) is 0 Å². The van der Waals surface area contributed by atoms with Crippen LogP contribution in [-0.2, 0) is 17.4 Å². The van der Waals surface area contributed by atoms with Crippen molar-refractivity contribution >= 4 is 19.0 Å². The molecule has 40 heavy (non-hydrogen) atoms. The molecule has 2 atom stereocenters. The van der Waals surface area contributed by atoms with Crippen molar-refractivity contribution in [3.63, 3.8) is 0 Å². The van der Waals surface area contributed by atoms with Crippen LogP contribution in [0.4, 0.5) is 0 Å². The van der Waals surface area contributed by atoms with Crippen LogP contribution in [0.3, 0.4) is 0 Å². The van der Waals surface area contributed by atoms with E-state index < -0.39 is 17.4 Å². The Morgan fingerprint density at radius 2 is 0.875 bits per heavy atom. The molecule has 0 nitrogen and oxygen atoms in total. The number of aryl methyl sites for hydroxylation is 2. The maximum absolute atomic E-state index is 3.57. The van der Waals surface area contributed by atoms with Gasteiger partial charge in [-0.15, -0.1) is 0 Å². The van der Waals surface area contributed by atoms with Crippen LogP contribution < -0.4 is 24.8 Å². The minimum absolute atomic E-state index is 0. The van der Waals surface area contributed by atoms with Gasteiger partial charge in [0.2, 0.25) is 0 Å². The van der Waals surface area contributed by atoms with Gasteiger partial charge < -0.3 is 24.8 Å². The molecule has 0 aliphatic heterocycles. The van der Waals surface area contributed by atoms with Gasteiger partial charge in [0.1, 0.15) is 0 Å². The van der Waals surface area contributed by atoms with Gasteiger partial charge in [0.15, 0.2) is 0 Å². The first-order chi connectivity index (χ1) is 18.1. The number of fused-ring (bicyclic) bond motifs is 2. The monoisotopic (exact) mass is 658 g/mol. The molecule has 0 amide bonds. The van der Waals surface area contributed by atoms with E-state index in [-0.39, 0.29) is 24.8 Å². The minimum Gasteiger partial charge on any atom is -1.00 e. The fourth-order valence-electron chi connectivity index (χ4n) is 7.99. The summed E-state index contributed by atoms with van der Waals surface area (Å²) in [5, 5.41) is 0. The Morgan fingerprint density at radius 3 is 1.23 bits per heavy atom. The van der Waals surface area contributed by atoms with Crippen molar-refractivity contribution in [1.82, 2.24) is 0 Å². The average Bonchev–Trinajstić information content (AvgIpc) is 3.44. The average molecular weight is 661 g/mol. The molecule has 4 aromatic carbocycles. The SMILES string of the molecule is CC1=Cc2c(-c3ccccc3)ccc(C)c2[CH]1[Zr+2]([CH3])([CH3])(=[SiH2])[CH]1C(C)=Cc2c(-c3ccccc3)ccc(C)c21.[Cl-].[Cl-]. The third-order valence-corrected chi connectivity index (χ3v) is 27.1. The van der Waals surface area contributed by atoms with E-state index in [0.717, 1.165) is 0 Å². The molecule has 0 saturated carbocycles. The minimum atomic E-state index is -3.57. The van der Waals surface area contributed by atoms with Crippen LogP contribution in [0.1, 0.15) is 54.5 Å². The van der Waals surface area contributed by atoms with Gasteiger partial charge in [-0.2, -0.15) is 0 Å². The van der Waals surface area contributed by atoms with E-state index in [0.29, 0.717) is 7.25 Å². The van der Waals surface area contributed by atoms with Crippen molar-refractivity contribution in [3.05, 3.63) is 129 Å². The van der Waals surface area contributed by atoms with E-state index in [1.165, 1.54) is 44.5 Å². The third kappa shape index (κ3) is 4.80. The van der Waals surface area contributed by atoms with E-state index in [1.807, 2.05) is 0 Å². The van der Waals surface area contributed by atoms with Gasteiger partial charge in [0, 0.05) is 0 Å². The van der Waals surface area contributed by atoms with Gasteiger partial charge in [-0.05, 0) is 0 Å². The van der Waals surface area contributed by atoms with Crippen molar-refractivity contribution in [3.8, 4) is 22.3 Å². The second-order valence-electron chi connectivity index (χ2n) is 12.8. The Hall–Kier alpha value is -1.96. The van der Waals surface area contributed by atoms with E-state index in [2.05, 4.69) is 141 Å². The Labute approximate surface area is 255 Å². The summed E-state index contributed by atoms with van der Waals surface area (Å²) in [7, 11) is 0. The first-order valence-corrected chi connectivity index (χ1v) is 27.6. The van der Waals surface area contributed by atoms with Crippen LogP contribution in [0.25, 0.3) is 34.4 Å². The van der Waals surface area contributed by atoms with Crippen LogP contribution in [-0.4, -0.2) is 6.88 Å². The summed E-state index contributed by atoms with van der Waals surface area (Å²) in [6.07, 6.45) is 5.07. The molecular weight excluding hydrogens is 623 g/mol. The molecule has 0 radical (unpaired) electrons. The molecular formula is C36H38Cl2SiZr. The molecule has 0 fully saturated rings. The summed E-state index contributed by atoms with van der Waals surface area (Å²) in [5.41, 5.74) is 17.6. The molecule has 2 aliphatic carbocycles. The molecule has 0 spiro atoms. The largest absolute Gasteiger partial charge is 1.00 e. The third-order valence-electron chi connectivity index (χ3n) is 9.31. The van der Waals surface area contributed by atoms with E-state index in [9.17, 15) is 0 Å². The van der Waals surface area contributed by atoms with Crippen molar-refractivity contribution in [2.45, 2.75) is 44.2 Å². The Kier molecular flexibility index (Phi) is 8.55. The second kappa shape index (κ2) is 11.0. The maximum Gasteiger partial charge on any atom is -1.00 e. The van der Waals surface area contributed by atoms with Crippen LogP contribution in [0.15, 0.2) is 96.1 Å². The van der Waals surface area contributed by atoms with E-state index >= 15 is 0 Å². The predicted octanol–water partition coefficient (Wildman–Crippen LogP) is 3.60. The zero-order chi connectivity index (χ0) is 26.8. The Morgan fingerprint density at radius 1 is 0.525 bits per heavy atom. The molecule has 2 unspecified atom stereocenters. The predicted molar refractivity (Wildman–Crippen MR) is 166 cm³/mol. The number of hydrogen-bond acceptors (Lipinski definition) is 0. The standard InChI is InChI=1S/2C17H15.2CH3.2ClH.H2Si.Zr/c2*1-12-10-16-13(2)8-9-15(17(16)11-12)14-6-4-3-5-7-14;;;;;;/h2*3-11H,1-2H3;2*1H3;2*1H;1H2;/q;;;;;;;+2/p-2. The first kappa shape index (κ1) is 31.0. The van der Waals surface area contributed by atoms with Crippen molar-refractivity contribution in [2.75, 3.05) is 0 Å². The zero-order valence-electron chi connectivity index (χ0n) is 24.4. The summed E-state index contributed by atoms with van der Waals surface area (Å²) >= 11 is -3.57. The Balaban J connectivity index is 0.00000185. The van der Waals surface area contributed by atoms with Crippen molar-refractivity contribution < 1.29 is 42.2 Å². The molecule has 0 aromatic heterocycles. The number of rotatable bonds is 4. The fourth-order valence-corrected chi connectivity index (χ4v) is 29.3. The van der Waals surface area contributed by atoms with Gasteiger partial charge in [0.25, 0.3) is 0 Å². The summed E-state index contributed by atoms with van der Waals surface area (Å²) in [6.45, 7) is 11.9. The van der Waals surface area contributed by atoms with E-state index in [1.54, 1.807) is 22.3 Å². The molecule has 4 aromatic rings.